The van der Waals surface area contributed by atoms with Gasteiger partial charge in [-0.2, -0.15) is 0 Å². The average Bonchev–Trinajstić information content (AvgIpc) is 3.47. The molecule has 0 saturated carbocycles. The van der Waals surface area contributed by atoms with Crippen molar-refractivity contribution in [2.45, 2.75) is 406 Å². The molecule has 0 spiro atoms. The van der Waals surface area contributed by atoms with E-state index in [0.29, 0.717) is 19.3 Å². The van der Waals surface area contributed by atoms with E-state index in [9.17, 15) is 14.4 Å². The molecular formula is C76H140O6. The normalized spacial score (nSPS) is 12.3. The number of carbonyl (C=O) groups excluding carboxylic acids is 3. The van der Waals surface area contributed by atoms with Crippen molar-refractivity contribution >= 4 is 17.9 Å². The summed E-state index contributed by atoms with van der Waals surface area (Å²) in [6.45, 7) is 6.59. The summed E-state index contributed by atoms with van der Waals surface area (Å²) < 4.78 is 17.0. The van der Waals surface area contributed by atoms with Crippen LogP contribution in [0.2, 0.25) is 0 Å². The molecule has 1 atom stereocenters. The number of hydrogen-bond acceptors (Lipinski definition) is 6. The van der Waals surface area contributed by atoms with Gasteiger partial charge in [-0.3, -0.25) is 14.4 Å². The number of ether oxygens (including phenoxy) is 3. The molecule has 0 aliphatic heterocycles. The van der Waals surface area contributed by atoms with E-state index in [-0.39, 0.29) is 31.1 Å². The van der Waals surface area contributed by atoms with Crippen LogP contribution in [0.1, 0.15) is 400 Å². The van der Waals surface area contributed by atoms with Gasteiger partial charge in [-0.1, -0.05) is 371 Å². The molecule has 82 heavy (non-hydrogen) atoms. The Morgan fingerprint density at radius 1 is 0.256 bits per heavy atom. The first-order valence-electron chi connectivity index (χ1n) is 36.6. The van der Waals surface area contributed by atoms with Crippen molar-refractivity contribution in [3.8, 4) is 0 Å². The summed E-state index contributed by atoms with van der Waals surface area (Å²) in [5.41, 5.74) is 0. The van der Waals surface area contributed by atoms with Crippen LogP contribution in [-0.2, 0) is 28.6 Å². The maximum atomic E-state index is 13.0. The zero-order chi connectivity index (χ0) is 59.2. The third-order valence-corrected chi connectivity index (χ3v) is 16.6. The molecule has 0 saturated heterocycles. The molecule has 0 bridgehead atoms. The monoisotopic (exact) mass is 1150 g/mol. The minimum absolute atomic E-state index is 0.0754. The van der Waals surface area contributed by atoms with E-state index in [4.69, 9.17) is 14.2 Å². The fourth-order valence-electron chi connectivity index (χ4n) is 11.1. The summed E-state index contributed by atoms with van der Waals surface area (Å²) in [6, 6.07) is 0. The fourth-order valence-corrected chi connectivity index (χ4v) is 11.1. The summed E-state index contributed by atoms with van der Waals surface area (Å²) in [5, 5.41) is 0. The highest BCUT2D eigenvalue weighted by Crippen LogP contribution is 2.19. The highest BCUT2D eigenvalue weighted by molar-refractivity contribution is 5.71. The van der Waals surface area contributed by atoms with E-state index in [0.717, 1.165) is 96.3 Å². The Morgan fingerprint density at radius 2 is 0.476 bits per heavy atom. The minimum Gasteiger partial charge on any atom is -0.462 e. The number of carbonyl (C=O) groups is 3. The van der Waals surface area contributed by atoms with Gasteiger partial charge in [0.1, 0.15) is 13.2 Å². The largest absolute Gasteiger partial charge is 0.462 e. The van der Waals surface area contributed by atoms with Gasteiger partial charge in [0.2, 0.25) is 0 Å². The lowest BCUT2D eigenvalue weighted by molar-refractivity contribution is -0.167. The Kier molecular flexibility index (Phi) is 68.6. The smallest absolute Gasteiger partial charge is 0.306 e. The van der Waals surface area contributed by atoms with Gasteiger partial charge >= 0.3 is 17.9 Å². The van der Waals surface area contributed by atoms with Crippen LogP contribution in [0.15, 0.2) is 48.6 Å². The molecule has 0 aromatic rings. The van der Waals surface area contributed by atoms with Crippen LogP contribution in [0.5, 0.6) is 0 Å². The van der Waals surface area contributed by atoms with Crippen LogP contribution in [0.3, 0.4) is 0 Å². The first-order chi connectivity index (χ1) is 40.5. The van der Waals surface area contributed by atoms with E-state index in [1.165, 1.54) is 263 Å². The first-order valence-corrected chi connectivity index (χ1v) is 36.6. The summed E-state index contributed by atoms with van der Waals surface area (Å²) >= 11 is 0. The highest BCUT2D eigenvalue weighted by atomic mass is 16.6. The number of unbranched alkanes of at least 4 members (excludes halogenated alkanes) is 49. The van der Waals surface area contributed by atoms with Gasteiger partial charge in [-0.15, -0.1) is 0 Å². The lowest BCUT2D eigenvalue weighted by atomic mass is 10.0. The predicted octanol–water partition coefficient (Wildman–Crippen LogP) is 25.3. The number of hydrogen-bond donors (Lipinski definition) is 0. The SMILES string of the molecule is CC/C=C\C/C=C\C/C=C\C/C=C\CCCCCCC(=O)OCC(COC(=O)CCCCCCCCCCCCCCCCCCCCCCCCCC)OC(=O)CCCCCCCCCCCCCCCCCCCCCCCCC. The Hall–Kier alpha value is -2.63. The molecule has 0 fully saturated rings. The highest BCUT2D eigenvalue weighted by Gasteiger charge is 2.19. The molecule has 0 aliphatic carbocycles. The van der Waals surface area contributed by atoms with Crippen molar-refractivity contribution in [2.24, 2.45) is 0 Å². The Bertz CT molecular complexity index is 1410. The van der Waals surface area contributed by atoms with Crippen molar-refractivity contribution in [2.75, 3.05) is 13.2 Å². The number of esters is 3. The first kappa shape index (κ1) is 79.4. The van der Waals surface area contributed by atoms with Crippen molar-refractivity contribution < 1.29 is 28.6 Å². The lowest BCUT2D eigenvalue weighted by Crippen LogP contribution is -2.30. The summed E-state index contributed by atoms with van der Waals surface area (Å²) in [6.07, 6.45) is 90.1. The third kappa shape index (κ3) is 68.2. The fraction of sp³-hybridized carbons (Fsp3) is 0.855. The van der Waals surface area contributed by atoms with E-state index in [1.54, 1.807) is 0 Å². The third-order valence-electron chi connectivity index (χ3n) is 16.6. The van der Waals surface area contributed by atoms with Gasteiger partial charge in [0.25, 0.3) is 0 Å². The minimum atomic E-state index is -0.782. The van der Waals surface area contributed by atoms with E-state index in [2.05, 4.69) is 69.4 Å². The average molecular weight is 1150 g/mol. The molecule has 6 nitrogen and oxygen atoms in total. The second kappa shape index (κ2) is 70.9. The molecule has 0 amide bonds. The van der Waals surface area contributed by atoms with Gasteiger partial charge in [-0.05, 0) is 57.8 Å². The van der Waals surface area contributed by atoms with Gasteiger partial charge < -0.3 is 14.2 Å². The Labute approximate surface area is 511 Å². The van der Waals surface area contributed by atoms with Crippen LogP contribution in [0.4, 0.5) is 0 Å². The summed E-state index contributed by atoms with van der Waals surface area (Å²) in [4.78, 5) is 38.5. The van der Waals surface area contributed by atoms with Crippen molar-refractivity contribution in [1.82, 2.24) is 0 Å². The van der Waals surface area contributed by atoms with E-state index >= 15 is 0 Å². The molecule has 0 heterocycles. The summed E-state index contributed by atoms with van der Waals surface area (Å²) in [7, 11) is 0. The number of allylic oxidation sites excluding steroid dienone is 8. The van der Waals surface area contributed by atoms with Gasteiger partial charge in [0, 0.05) is 19.3 Å². The van der Waals surface area contributed by atoms with Crippen LogP contribution in [0, 0.1) is 0 Å². The van der Waals surface area contributed by atoms with E-state index < -0.39 is 6.10 Å². The Balaban J connectivity index is 4.30. The van der Waals surface area contributed by atoms with Crippen LogP contribution >= 0.6 is 0 Å². The van der Waals surface area contributed by atoms with Crippen molar-refractivity contribution in [3.63, 3.8) is 0 Å². The maximum absolute atomic E-state index is 13.0. The second-order valence-corrected chi connectivity index (χ2v) is 24.8. The van der Waals surface area contributed by atoms with Crippen LogP contribution in [0.25, 0.3) is 0 Å². The molecule has 0 aromatic heterocycles. The molecule has 6 heteroatoms. The zero-order valence-corrected chi connectivity index (χ0v) is 55.3. The molecule has 1 unspecified atom stereocenters. The quantitative estimate of drug-likeness (QED) is 0.0261. The summed E-state index contributed by atoms with van der Waals surface area (Å²) in [5.74, 6) is -0.869. The molecular weight excluding hydrogens is 1010 g/mol. The molecule has 0 aliphatic rings. The van der Waals surface area contributed by atoms with Gasteiger partial charge in [-0.25, -0.2) is 0 Å². The number of rotatable bonds is 68. The lowest BCUT2D eigenvalue weighted by Gasteiger charge is -2.18. The van der Waals surface area contributed by atoms with Crippen LogP contribution in [-0.4, -0.2) is 37.2 Å². The van der Waals surface area contributed by atoms with Gasteiger partial charge in [0.15, 0.2) is 6.10 Å². The molecule has 0 N–H and O–H groups in total. The standard InChI is InChI=1S/C76H140O6/c1-4-7-10-13-16-19-22-25-28-31-33-35-37-39-40-42-45-48-51-54-57-60-63-66-69-75(78)81-72-73(71-80-74(77)68-65-62-59-56-53-50-47-44-30-27-24-21-18-15-12-9-6-3)82-76(79)70-67-64-61-58-55-52-49-46-43-41-38-36-34-32-29-26-23-20-17-14-11-8-5-2/h9,12,18,21,27,30,47,50,73H,4-8,10-11,13-17,19-20,22-26,28-29,31-46,48-49,51-72H2,1-3H3/b12-9-,21-18-,30-27-,50-47-. The molecule has 480 valence electrons. The second-order valence-electron chi connectivity index (χ2n) is 24.8. The topological polar surface area (TPSA) is 78.9 Å². The maximum Gasteiger partial charge on any atom is 0.306 e. The van der Waals surface area contributed by atoms with Gasteiger partial charge in [0.05, 0.1) is 0 Å². The molecule has 0 rings (SSSR count). The predicted molar refractivity (Wildman–Crippen MR) is 358 cm³/mol. The van der Waals surface area contributed by atoms with Crippen molar-refractivity contribution in [1.29, 1.82) is 0 Å². The van der Waals surface area contributed by atoms with Crippen LogP contribution < -0.4 is 0 Å². The molecule has 0 radical (unpaired) electrons. The Morgan fingerprint density at radius 3 is 0.744 bits per heavy atom. The van der Waals surface area contributed by atoms with E-state index in [1.807, 2.05) is 0 Å². The zero-order valence-electron chi connectivity index (χ0n) is 55.3. The molecule has 0 aromatic carbocycles. The van der Waals surface area contributed by atoms with Crippen molar-refractivity contribution in [3.05, 3.63) is 48.6 Å².